The van der Waals surface area contributed by atoms with Crippen molar-refractivity contribution in [1.29, 1.82) is 0 Å². The predicted molar refractivity (Wildman–Crippen MR) is 140 cm³/mol. The van der Waals surface area contributed by atoms with Gasteiger partial charge >= 0.3 is 0 Å². The van der Waals surface area contributed by atoms with Gasteiger partial charge in [0.1, 0.15) is 5.75 Å². The lowest BCUT2D eigenvalue weighted by Crippen LogP contribution is -2.12. The quantitative estimate of drug-likeness (QED) is 0.0592. The number of rotatable bonds is 18. The number of ether oxygens (including phenoxy) is 1. The van der Waals surface area contributed by atoms with Gasteiger partial charge in [-0.25, -0.2) is 0 Å². The van der Waals surface area contributed by atoms with Crippen LogP contribution in [0.1, 0.15) is 93.5 Å². The Morgan fingerprint density at radius 3 is 2.06 bits per heavy atom. The third-order valence-corrected chi connectivity index (χ3v) is 6.00. The van der Waals surface area contributed by atoms with Gasteiger partial charge < -0.3 is 9.84 Å². The van der Waals surface area contributed by atoms with Gasteiger partial charge in [-0.15, -0.1) is 0 Å². The normalized spacial score (nSPS) is 12.1. The van der Waals surface area contributed by atoms with Crippen molar-refractivity contribution in [2.75, 3.05) is 0 Å². The number of carbonyl (C=O) groups is 1. The number of nitro groups is 1. The first-order chi connectivity index (χ1) is 17.0. The van der Waals surface area contributed by atoms with Gasteiger partial charge in [0.25, 0.3) is 5.69 Å². The molecule has 0 amide bonds. The van der Waals surface area contributed by atoms with Crippen molar-refractivity contribution in [3.63, 3.8) is 0 Å². The molecule has 0 radical (unpaired) electrons. The number of carbonyl (C=O) groups excluding carboxylic acids is 1. The SMILES string of the molecule is CCCCCCCCCCCCc1ccc(OC(O)C=CCC(=O)c2ccc([N+](=O)[O-])cc2)cc1. The highest BCUT2D eigenvalue weighted by atomic mass is 16.6. The van der Waals surface area contributed by atoms with Crippen LogP contribution in [0, 0.1) is 10.1 Å². The van der Waals surface area contributed by atoms with Gasteiger partial charge in [-0.2, -0.15) is 0 Å². The fourth-order valence-electron chi connectivity index (χ4n) is 3.91. The van der Waals surface area contributed by atoms with Gasteiger partial charge in [0.05, 0.1) is 4.92 Å². The zero-order valence-electron chi connectivity index (χ0n) is 20.9. The van der Waals surface area contributed by atoms with E-state index in [1.807, 2.05) is 24.3 Å². The number of unbranched alkanes of at least 4 members (excludes halogenated alkanes) is 9. The van der Waals surface area contributed by atoms with E-state index in [1.54, 1.807) is 0 Å². The average molecular weight is 482 g/mol. The van der Waals surface area contributed by atoms with Crippen molar-refractivity contribution in [2.45, 2.75) is 90.3 Å². The summed E-state index contributed by atoms with van der Waals surface area (Å²) in [6.45, 7) is 2.25. The highest BCUT2D eigenvalue weighted by Gasteiger charge is 2.09. The number of aliphatic hydroxyl groups is 1. The molecule has 0 fully saturated rings. The molecule has 0 bridgehead atoms. The zero-order valence-corrected chi connectivity index (χ0v) is 20.9. The first-order valence-electron chi connectivity index (χ1n) is 12.9. The van der Waals surface area contributed by atoms with E-state index in [4.69, 9.17) is 4.74 Å². The number of aliphatic hydroxyl groups excluding tert-OH is 1. The summed E-state index contributed by atoms with van der Waals surface area (Å²) in [6, 6.07) is 13.2. The Morgan fingerprint density at radius 2 is 1.49 bits per heavy atom. The molecule has 6 nitrogen and oxygen atoms in total. The first kappa shape index (κ1) is 28.2. The molecule has 0 aliphatic heterocycles. The summed E-state index contributed by atoms with van der Waals surface area (Å²) in [5.41, 5.74) is 1.58. The number of non-ortho nitro benzene ring substituents is 1. The molecule has 1 N–H and O–H groups in total. The van der Waals surface area contributed by atoms with E-state index >= 15 is 0 Å². The molecule has 35 heavy (non-hydrogen) atoms. The van der Waals surface area contributed by atoms with Gasteiger partial charge in [-0.05, 0) is 48.7 Å². The average Bonchev–Trinajstić information content (AvgIpc) is 2.86. The second-order valence-electron chi connectivity index (χ2n) is 8.94. The summed E-state index contributed by atoms with van der Waals surface area (Å²) in [5, 5.41) is 20.7. The number of nitro benzene ring substituents is 1. The van der Waals surface area contributed by atoms with E-state index in [2.05, 4.69) is 6.92 Å². The summed E-state index contributed by atoms with van der Waals surface area (Å²) < 4.78 is 5.49. The zero-order chi connectivity index (χ0) is 25.3. The van der Waals surface area contributed by atoms with Crippen molar-refractivity contribution in [1.82, 2.24) is 0 Å². The van der Waals surface area contributed by atoms with Gasteiger partial charge in [-0.1, -0.05) is 82.9 Å². The van der Waals surface area contributed by atoms with E-state index in [1.165, 1.54) is 106 Å². The van der Waals surface area contributed by atoms with Gasteiger partial charge in [0, 0.05) is 24.1 Å². The highest BCUT2D eigenvalue weighted by molar-refractivity contribution is 5.97. The highest BCUT2D eigenvalue weighted by Crippen LogP contribution is 2.17. The Morgan fingerprint density at radius 1 is 0.914 bits per heavy atom. The molecule has 2 aromatic rings. The predicted octanol–water partition coefficient (Wildman–Crippen LogP) is 7.58. The van der Waals surface area contributed by atoms with Crippen LogP contribution in [0.5, 0.6) is 5.75 Å². The molecule has 0 saturated carbocycles. The standard InChI is InChI=1S/C29H39NO5/c1-2-3-4-5-6-7-8-9-10-11-13-24-16-22-27(23-17-24)35-29(32)15-12-14-28(31)25-18-20-26(21-19-25)30(33)34/h12,15-23,29,32H,2-11,13-14H2,1H3. The van der Waals surface area contributed by atoms with Crippen LogP contribution in [-0.4, -0.2) is 22.1 Å². The molecule has 0 aliphatic carbocycles. The lowest BCUT2D eigenvalue weighted by Gasteiger charge is -2.10. The molecule has 0 aromatic heterocycles. The minimum atomic E-state index is -1.16. The summed E-state index contributed by atoms with van der Waals surface area (Å²) in [7, 11) is 0. The van der Waals surface area contributed by atoms with Crippen molar-refractivity contribution >= 4 is 11.5 Å². The largest absolute Gasteiger partial charge is 0.461 e. The van der Waals surface area contributed by atoms with E-state index in [-0.39, 0.29) is 17.9 Å². The maximum absolute atomic E-state index is 12.2. The van der Waals surface area contributed by atoms with E-state index in [0.717, 1.165) is 6.42 Å². The maximum Gasteiger partial charge on any atom is 0.269 e. The maximum atomic E-state index is 12.2. The third kappa shape index (κ3) is 11.8. The van der Waals surface area contributed by atoms with Crippen LogP contribution in [0.15, 0.2) is 60.7 Å². The number of ketones is 1. The van der Waals surface area contributed by atoms with Crippen LogP contribution < -0.4 is 4.74 Å². The Bertz CT molecular complexity index is 906. The van der Waals surface area contributed by atoms with E-state index in [0.29, 0.717) is 11.3 Å². The summed E-state index contributed by atoms with van der Waals surface area (Å²) in [6.07, 6.45) is 16.2. The Hall–Kier alpha value is -2.99. The van der Waals surface area contributed by atoms with Crippen LogP contribution in [0.25, 0.3) is 0 Å². The minimum Gasteiger partial charge on any atom is -0.461 e. The Balaban J connectivity index is 1.61. The molecule has 1 atom stereocenters. The number of aryl methyl sites for hydroxylation is 1. The molecule has 1 unspecified atom stereocenters. The molecule has 0 heterocycles. The topological polar surface area (TPSA) is 89.7 Å². The monoisotopic (exact) mass is 481 g/mol. The molecular formula is C29H39NO5. The fourth-order valence-corrected chi connectivity index (χ4v) is 3.91. The molecule has 2 aromatic carbocycles. The Labute approximate surface area is 209 Å². The summed E-state index contributed by atoms with van der Waals surface area (Å²) >= 11 is 0. The van der Waals surface area contributed by atoms with Crippen LogP contribution >= 0.6 is 0 Å². The number of allylic oxidation sites excluding steroid dienone is 1. The lowest BCUT2D eigenvalue weighted by atomic mass is 10.0. The Kier molecular flexibility index (Phi) is 13.4. The first-order valence-corrected chi connectivity index (χ1v) is 12.9. The van der Waals surface area contributed by atoms with Crippen molar-refractivity contribution in [3.05, 3.63) is 81.9 Å². The number of benzene rings is 2. The van der Waals surface area contributed by atoms with Gasteiger partial charge in [0.2, 0.25) is 6.29 Å². The number of hydrogen-bond donors (Lipinski definition) is 1. The smallest absolute Gasteiger partial charge is 0.269 e. The van der Waals surface area contributed by atoms with Crippen molar-refractivity contribution < 1.29 is 19.6 Å². The molecule has 6 heteroatoms. The van der Waals surface area contributed by atoms with E-state index in [9.17, 15) is 20.0 Å². The molecule has 0 spiro atoms. The van der Waals surface area contributed by atoms with Crippen LogP contribution in [0.4, 0.5) is 5.69 Å². The number of Topliss-reactive ketones (excluding diaryl/α,β-unsaturated/α-hetero) is 1. The van der Waals surface area contributed by atoms with Crippen molar-refractivity contribution in [2.24, 2.45) is 0 Å². The van der Waals surface area contributed by atoms with Gasteiger partial charge in [-0.3, -0.25) is 14.9 Å². The number of hydrogen-bond acceptors (Lipinski definition) is 5. The van der Waals surface area contributed by atoms with Crippen LogP contribution in [0.3, 0.4) is 0 Å². The number of nitrogens with zero attached hydrogens (tertiary/aromatic N) is 1. The summed E-state index contributed by atoms with van der Waals surface area (Å²) in [5.74, 6) is 0.371. The lowest BCUT2D eigenvalue weighted by molar-refractivity contribution is -0.384. The minimum absolute atomic E-state index is 0.0598. The molecule has 0 saturated heterocycles. The molecule has 2 rings (SSSR count). The summed E-state index contributed by atoms with van der Waals surface area (Å²) in [4.78, 5) is 22.3. The van der Waals surface area contributed by atoms with Gasteiger partial charge in [0.15, 0.2) is 5.78 Å². The van der Waals surface area contributed by atoms with Crippen LogP contribution in [0.2, 0.25) is 0 Å². The van der Waals surface area contributed by atoms with Crippen molar-refractivity contribution in [3.8, 4) is 5.75 Å². The second-order valence-corrected chi connectivity index (χ2v) is 8.94. The fraction of sp³-hybridized carbons (Fsp3) is 0.483. The van der Waals surface area contributed by atoms with Crippen LogP contribution in [-0.2, 0) is 6.42 Å². The molecule has 0 aliphatic rings. The third-order valence-electron chi connectivity index (χ3n) is 6.00. The second kappa shape index (κ2) is 16.6. The molecule has 190 valence electrons. The van der Waals surface area contributed by atoms with E-state index < -0.39 is 11.2 Å². The molecular weight excluding hydrogens is 442 g/mol.